The first kappa shape index (κ1) is 16.6. The highest BCUT2D eigenvalue weighted by molar-refractivity contribution is 7.18. The van der Waals surface area contributed by atoms with E-state index in [0.29, 0.717) is 0 Å². The molecule has 142 valence electrons. The summed E-state index contributed by atoms with van der Waals surface area (Å²) in [7, 11) is 0. The Kier molecular flexibility index (Phi) is 3.80. The predicted molar refractivity (Wildman–Crippen MR) is 113 cm³/mol. The Balaban J connectivity index is 1.44. The van der Waals surface area contributed by atoms with Crippen molar-refractivity contribution in [1.29, 1.82) is 0 Å². The molecule has 0 saturated heterocycles. The molecule has 5 aromatic rings. The number of hydrogen-bond donors (Lipinski definition) is 0. The molecule has 0 amide bonds. The standard InChI is InChI=1S/C22H18N6S/c1-2-6-16-15(5-1)21(25-26-22(16)28-12-10-23-14-28)19-9-8-18(29-19)17-13-27-11-4-3-7-20(27)24-17/h3-4,7-14H,1-2,5-6H2. The Morgan fingerprint density at radius 1 is 0.897 bits per heavy atom. The number of pyridine rings is 1. The van der Waals surface area contributed by atoms with E-state index in [1.165, 1.54) is 24.0 Å². The van der Waals surface area contributed by atoms with Gasteiger partial charge >= 0.3 is 0 Å². The second-order valence-electron chi connectivity index (χ2n) is 7.26. The maximum absolute atomic E-state index is 4.75. The topological polar surface area (TPSA) is 60.9 Å². The Morgan fingerprint density at radius 3 is 2.66 bits per heavy atom. The third kappa shape index (κ3) is 2.77. The van der Waals surface area contributed by atoms with Gasteiger partial charge in [-0.2, -0.15) is 0 Å². The smallest absolute Gasteiger partial charge is 0.164 e. The van der Waals surface area contributed by atoms with Crippen molar-refractivity contribution in [1.82, 2.24) is 29.1 Å². The summed E-state index contributed by atoms with van der Waals surface area (Å²) in [5, 5.41) is 9.24. The summed E-state index contributed by atoms with van der Waals surface area (Å²) in [5.74, 6) is 0.915. The van der Waals surface area contributed by atoms with E-state index in [4.69, 9.17) is 4.98 Å². The van der Waals surface area contributed by atoms with Gasteiger partial charge in [-0.05, 0) is 55.5 Å². The second kappa shape index (κ2) is 6.63. The van der Waals surface area contributed by atoms with Crippen LogP contribution in [0.25, 0.3) is 32.6 Å². The van der Waals surface area contributed by atoms with Gasteiger partial charge < -0.3 is 4.40 Å². The monoisotopic (exact) mass is 398 g/mol. The molecule has 29 heavy (non-hydrogen) atoms. The zero-order chi connectivity index (χ0) is 19.2. The zero-order valence-electron chi connectivity index (χ0n) is 15.7. The fourth-order valence-electron chi connectivity index (χ4n) is 4.08. The molecular formula is C22H18N6S. The van der Waals surface area contributed by atoms with E-state index in [9.17, 15) is 0 Å². The average Bonchev–Trinajstić information content (AvgIpc) is 3.53. The lowest BCUT2D eigenvalue weighted by Crippen LogP contribution is -2.13. The second-order valence-corrected chi connectivity index (χ2v) is 8.35. The minimum absolute atomic E-state index is 0.915. The van der Waals surface area contributed by atoms with Gasteiger partial charge in [-0.25, -0.2) is 9.97 Å². The van der Waals surface area contributed by atoms with Crippen LogP contribution in [0, 0.1) is 0 Å². The van der Waals surface area contributed by atoms with Crippen molar-refractivity contribution in [3.05, 3.63) is 72.6 Å². The van der Waals surface area contributed by atoms with Crippen LogP contribution in [-0.2, 0) is 12.8 Å². The Bertz CT molecular complexity index is 1280. The lowest BCUT2D eigenvalue weighted by atomic mass is 9.90. The fourth-order valence-corrected chi connectivity index (χ4v) is 5.05. The minimum atomic E-state index is 0.915. The highest BCUT2D eigenvalue weighted by Gasteiger charge is 2.22. The summed E-state index contributed by atoms with van der Waals surface area (Å²) in [6.07, 6.45) is 14.1. The van der Waals surface area contributed by atoms with Gasteiger partial charge in [-0.3, -0.25) is 4.57 Å². The summed E-state index contributed by atoms with van der Waals surface area (Å²) in [6.45, 7) is 0. The van der Waals surface area contributed by atoms with E-state index >= 15 is 0 Å². The van der Waals surface area contributed by atoms with Crippen LogP contribution >= 0.6 is 11.3 Å². The highest BCUT2D eigenvalue weighted by atomic mass is 32.1. The first-order valence-electron chi connectivity index (χ1n) is 9.78. The molecule has 0 saturated carbocycles. The van der Waals surface area contributed by atoms with Gasteiger partial charge in [-0.1, -0.05) is 6.07 Å². The van der Waals surface area contributed by atoms with Crippen LogP contribution in [0.1, 0.15) is 24.0 Å². The van der Waals surface area contributed by atoms with E-state index in [0.717, 1.165) is 45.4 Å². The largest absolute Gasteiger partial charge is 0.306 e. The maximum atomic E-state index is 4.75. The van der Waals surface area contributed by atoms with Gasteiger partial charge in [0.05, 0.1) is 15.4 Å². The first-order chi connectivity index (χ1) is 14.4. The number of aromatic nitrogens is 6. The molecule has 0 N–H and O–H groups in total. The molecule has 7 heteroatoms. The molecule has 0 unspecified atom stereocenters. The van der Waals surface area contributed by atoms with Crippen molar-refractivity contribution in [2.45, 2.75) is 25.7 Å². The Morgan fingerprint density at radius 2 is 1.79 bits per heavy atom. The number of hydrogen-bond acceptors (Lipinski definition) is 5. The molecular weight excluding hydrogens is 380 g/mol. The van der Waals surface area contributed by atoms with Crippen molar-refractivity contribution in [3.63, 3.8) is 0 Å². The number of imidazole rings is 2. The molecule has 0 atom stereocenters. The van der Waals surface area contributed by atoms with Gasteiger partial charge in [-0.15, -0.1) is 21.5 Å². The normalized spacial score (nSPS) is 13.7. The zero-order valence-corrected chi connectivity index (χ0v) is 16.5. The number of nitrogens with zero attached hydrogens (tertiary/aromatic N) is 6. The van der Waals surface area contributed by atoms with E-state index in [-0.39, 0.29) is 0 Å². The molecule has 0 bridgehead atoms. The Hall–Kier alpha value is -3.32. The van der Waals surface area contributed by atoms with Crippen LogP contribution in [0.2, 0.25) is 0 Å². The Labute approximate surface area is 171 Å². The van der Waals surface area contributed by atoms with Crippen molar-refractivity contribution in [2.24, 2.45) is 0 Å². The summed E-state index contributed by atoms with van der Waals surface area (Å²) in [6, 6.07) is 10.3. The quantitative estimate of drug-likeness (QED) is 0.446. The van der Waals surface area contributed by atoms with Crippen LogP contribution in [0.15, 0.2) is 61.4 Å². The van der Waals surface area contributed by atoms with Crippen molar-refractivity contribution < 1.29 is 0 Å². The van der Waals surface area contributed by atoms with Crippen LogP contribution in [0.4, 0.5) is 0 Å². The van der Waals surface area contributed by atoms with Gasteiger partial charge in [0.1, 0.15) is 17.7 Å². The van der Waals surface area contributed by atoms with Crippen molar-refractivity contribution >= 4 is 17.0 Å². The van der Waals surface area contributed by atoms with Crippen molar-refractivity contribution in [2.75, 3.05) is 0 Å². The molecule has 5 aromatic heterocycles. The molecule has 6 rings (SSSR count). The minimum Gasteiger partial charge on any atom is -0.306 e. The van der Waals surface area contributed by atoms with E-state index < -0.39 is 0 Å². The molecule has 6 nitrogen and oxygen atoms in total. The lowest BCUT2D eigenvalue weighted by molar-refractivity contribution is 0.668. The number of fused-ring (bicyclic) bond motifs is 2. The van der Waals surface area contributed by atoms with Crippen molar-refractivity contribution in [3.8, 4) is 27.0 Å². The van der Waals surface area contributed by atoms with Crippen LogP contribution in [0.3, 0.4) is 0 Å². The fraction of sp³-hybridized carbons (Fsp3) is 0.182. The molecule has 5 heterocycles. The third-order valence-corrected chi connectivity index (χ3v) is 6.59. The summed E-state index contributed by atoms with van der Waals surface area (Å²) in [4.78, 5) is 11.2. The third-order valence-electron chi connectivity index (χ3n) is 5.47. The molecule has 0 aromatic carbocycles. The van der Waals surface area contributed by atoms with Gasteiger partial charge in [0.25, 0.3) is 0 Å². The predicted octanol–water partition coefficient (Wildman–Crippen LogP) is 4.58. The summed E-state index contributed by atoms with van der Waals surface area (Å²) in [5.41, 5.74) is 5.60. The van der Waals surface area contributed by atoms with Gasteiger partial charge in [0, 0.05) is 30.4 Å². The molecule has 0 radical (unpaired) electrons. The SMILES string of the molecule is c1ccn2cc(-c3ccc(-c4nnc(-n5ccnc5)c5c4CCCC5)s3)nc2c1. The van der Waals surface area contributed by atoms with Gasteiger partial charge in [0.15, 0.2) is 5.82 Å². The lowest BCUT2D eigenvalue weighted by Gasteiger charge is -2.20. The maximum Gasteiger partial charge on any atom is 0.164 e. The molecule has 1 aliphatic rings. The molecule has 1 aliphatic carbocycles. The number of rotatable bonds is 3. The average molecular weight is 398 g/mol. The van der Waals surface area contributed by atoms with Crippen LogP contribution in [-0.4, -0.2) is 29.1 Å². The molecule has 0 aliphatic heterocycles. The highest BCUT2D eigenvalue weighted by Crippen LogP contribution is 2.38. The van der Waals surface area contributed by atoms with E-state index in [2.05, 4.69) is 37.9 Å². The van der Waals surface area contributed by atoms with Crippen LogP contribution in [0.5, 0.6) is 0 Å². The van der Waals surface area contributed by atoms with Crippen LogP contribution < -0.4 is 0 Å². The van der Waals surface area contributed by atoms with E-state index in [1.807, 2.05) is 35.2 Å². The first-order valence-corrected chi connectivity index (χ1v) is 10.6. The summed E-state index contributed by atoms with van der Waals surface area (Å²) < 4.78 is 4.02. The van der Waals surface area contributed by atoms with E-state index in [1.54, 1.807) is 23.9 Å². The molecule has 0 fully saturated rings. The number of thiophene rings is 1. The molecule has 0 spiro atoms. The summed E-state index contributed by atoms with van der Waals surface area (Å²) >= 11 is 1.73. The van der Waals surface area contributed by atoms with Gasteiger partial charge in [0.2, 0.25) is 0 Å².